The van der Waals surface area contributed by atoms with Crippen molar-refractivity contribution >= 4 is 45.8 Å². The number of hydrogen-bond donors (Lipinski definition) is 1. The monoisotopic (exact) mass is 350 g/mol. The highest BCUT2D eigenvalue weighted by atomic mass is 35.5. The number of rotatable bonds is 6. The van der Waals surface area contributed by atoms with E-state index in [9.17, 15) is 0 Å². The molecule has 2 aromatic heterocycles. The van der Waals surface area contributed by atoms with Gasteiger partial charge in [-0.05, 0) is 55.3 Å². The van der Waals surface area contributed by atoms with Crippen LogP contribution in [0.25, 0.3) is 10.9 Å². The number of nitrogens with zero attached hydrogens (tertiary/aromatic N) is 1. The Morgan fingerprint density at radius 3 is 3.00 bits per heavy atom. The normalized spacial score (nSPS) is 12.5. The highest BCUT2D eigenvalue weighted by molar-refractivity contribution is 7.99. The molecule has 1 atom stereocenters. The summed E-state index contributed by atoms with van der Waals surface area (Å²) in [6.07, 6.45) is 1.79. The molecule has 114 valence electrons. The van der Waals surface area contributed by atoms with Gasteiger partial charge in [0.25, 0.3) is 0 Å². The lowest BCUT2D eigenvalue weighted by molar-refractivity contribution is 0.293. The molecule has 0 aliphatic carbocycles. The Labute approximate surface area is 142 Å². The van der Waals surface area contributed by atoms with E-state index >= 15 is 0 Å². The third kappa shape index (κ3) is 3.93. The van der Waals surface area contributed by atoms with Crippen LogP contribution >= 0.6 is 34.9 Å². The molecule has 0 radical (unpaired) electrons. The molecular weight excluding hydrogens is 336 g/mol. The van der Waals surface area contributed by atoms with E-state index in [1.807, 2.05) is 42.5 Å². The van der Waals surface area contributed by atoms with Gasteiger partial charge < -0.3 is 4.74 Å². The second-order valence-corrected chi connectivity index (χ2v) is 7.67. The van der Waals surface area contributed by atoms with Crippen molar-refractivity contribution in [3.8, 4) is 5.75 Å². The van der Waals surface area contributed by atoms with Gasteiger partial charge in [0.2, 0.25) is 0 Å². The molecule has 3 nitrogen and oxygen atoms in total. The fourth-order valence-electron chi connectivity index (χ4n) is 1.96. The maximum Gasteiger partial charge on any atom is 0.128 e. The molecule has 0 aliphatic heterocycles. The molecule has 3 rings (SSSR count). The summed E-state index contributed by atoms with van der Waals surface area (Å²) in [6, 6.07) is 14.0. The minimum absolute atomic E-state index is 0.206. The van der Waals surface area contributed by atoms with Gasteiger partial charge in [0.15, 0.2) is 0 Å². The highest BCUT2D eigenvalue weighted by Gasteiger charge is 2.07. The zero-order chi connectivity index (χ0) is 15.4. The summed E-state index contributed by atoms with van der Waals surface area (Å²) in [7, 11) is 0. The molecule has 0 fully saturated rings. The van der Waals surface area contributed by atoms with Gasteiger partial charge in [-0.3, -0.25) is 9.71 Å². The van der Waals surface area contributed by atoms with Crippen molar-refractivity contribution in [3.63, 3.8) is 0 Å². The summed E-state index contributed by atoms with van der Waals surface area (Å²) >= 11 is 9.06. The number of ether oxygens (including phenoxy) is 1. The van der Waals surface area contributed by atoms with Crippen LogP contribution in [-0.2, 0) is 0 Å². The van der Waals surface area contributed by atoms with Crippen molar-refractivity contribution in [3.05, 3.63) is 53.0 Å². The number of halogens is 1. The summed E-state index contributed by atoms with van der Waals surface area (Å²) in [5.41, 5.74) is 0.947. The molecule has 6 heteroatoms. The molecule has 0 aliphatic rings. The first-order chi connectivity index (χ1) is 10.7. The van der Waals surface area contributed by atoms with E-state index in [1.165, 1.54) is 0 Å². The first-order valence-corrected chi connectivity index (χ1v) is 8.88. The van der Waals surface area contributed by atoms with Gasteiger partial charge in [0.1, 0.15) is 12.4 Å². The Kier molecular flexibility index (Phi) is 5.20. The van der Waals surface area contributed by atoms with Crippen molar-refractivity contribution in [2.45, 2.75) is 17.2 Å². The fourth-order valence-corrected chi connectivity index (χ4v) is 3.98. The Hall–Kier alpha value is -1.27. The molecule has 3 aromatic rings. The number of aromatic nitrogens is 1. The Balaban J connectivity index is 1.57. The van der Waals surface area contributed by atoms with Crippen LogP contribution in [0.2, 0.25) is 4.34 Å². The summed E-state index contributed by atoms with van der Waals surface area (Å²) in [6.45, 7) is 2.67. The lowest BCUT2D eigenvalue weighted by atomic mass is 10.2. The molecule has 0 amide bonds. The summed E-state index contributed by atoms with van der Waals surface area (Å²) in [5, 5.41) is 1.04. The predicted molar refractivity (Wildman–Crippen MR) is 95.0 cm³/mol. The summed E-state index contributed by atoms with van der Waals surface area (Å²) in [5.74, 6) is 0.864. The van der Waals surface area contributed by atoms with Gasteiger partial charge >= 0.3 is 0 Å². The number of nitrogens with one attached hydrogen (secondary N) is 1. The second-order valence-electron chi connectivity index (χ2n) is 4.82. The highest BCUT2D eigenvalue weighted by Crippen LogP contribution is 2.29. The zero-order valence-electron chi connectivity index (χ0n) is 12.0. The largest absolute Gasteiger partial charge is 0.491 e. The molecule has 0 saturated heterocycles. The van der Waals surface area contributed by atoms with E-state index in [2.05, 4.69) is 16.6 Å². The molecule has 2 heterocycles. The minimum atomic E-state index is 0.206. The second kappa shape index (κ2) is 7.33. The lowest BCUT2D eigenvalue weighted by Crippen LogP contribution is -2.26. The van der Waals surface area contributed by atoms with E-state index < -0.39 is 0 Å². The van der Waals surface area contributed by atoms with Crippen molar-refractivity contribution < 1.29 is 4.74 Å². The average Bonchev–Trinajstić information content (AvgIpc) is 2.96. The van der Waals surface area contributed by atoms with Crippen LogP contribution in [0.5, 0.6) is 5.75 Å². The van der Waals surface area contributed by atoms with Gasteiger partial charge in [-0.1, -0.05) is 17.7 Å². The molecule has 0 saturated carbocycles. The number of pyridine rings is 1. The Bertz CT molecular complexity index is 757. The third-order valence-electron chi connectivity index (χ3n) is 3.00. The van der Waals surface area contributed by atoms with Gasteiger partial charge in [0.05, 0.1) is 14.1 Å². The van der Waals surface area contributed by atoms with Gasteiger partial charge in [-0.15, -0.1) is 11.3 Å². The SMILES string of the molecule is C[C@@H](COc1cccc2ncccc12)NSc1ccc(Cl)s1. The zero-order valence-corrected chi connectivity index (χ0v) is 14.3. The molecule has 0 spiro atoms. The molecule has 0 unspecified atom stereocenters. The molecule has 1 aromatic carbocycles. The molecule has 0 bridgehead atoms. The molecule has 22 heavy (non-hydrogen) atoms. The molecule has 1 N–H and O–H groups in total. The standard InChI is InChI=1S/C16H15ClN2OS2/c1-11(19-22-16-8-7-15(17)21-16)10-20-14-6-2-5-13-12(14)4-3-9-18-13/h2-9,11,19H,10H2,1H3/t11-/m0/s1. The first kappa shape index (κ1) is 15.6. The van der Waals surface area contributed by atoms with Crippen LogP contribution in [-0.4, -0.2) is 17.6 Å². The Morgan fingerprint density at radius 1 is 1.27 bits per heavy atom. The lowest BCUT2D eigenvalue weighted by Gasteiger charge is -2.14. The number of thiophene rings is 1. The predicted octanol–water partition coefficient (Wildman–Crippen LogP) is 5.01. The smallest absolute Gasteiger partial charge is 0.128 e. The van der Waals surface area contributed by atoms with E-state index in [1.54, 1.807) is 29.5 Å². The number of fused-ring (bicyclic) bond motifs is 1. The van der Waals surface area contributed by atoms with Crippen molar-refractivity contribution in [1.29, 1.82) is 0 Å². The Morgan fingerprint density at radius 2 is 2.18 bits per heavy atom. The van der Waals surface area contributed by atoms with Gasteiger partial charge in [-0.2, -0.15) is 0 Å². The third-order valence-corrected chi connectivity index (χ3v) is 5.39. The fraction of sp³-hybridized carbons (Fsp3) is 0.188. The van der Waals surface area contributed by atoms with Gasteiger partial charge in [-0.25, -0.2) is 0 Å². The van der Waals surface area contributed by atoms with Crippen LogP contribution in [0.3, 0.4) is 0 Å². The van der Waals surface area contributed by atoms with Crippen molar-refractivity contribution in [1.82, 2.24) is 9.71 Å². The number of hydrogen-bond acceptors (Lipinski definition) is 5. The van der Waals surface area contributed by atoms with E-state index in [-0.39, 0.29) is 6.04 Å². The van der Waals surface area contributed by atoms with E-state index in [0.29, 0.717) is 6.61 Å². The maximum absolute atomic E-state index is 5.94. The van der Waals surface area contributed by atoms with Crippen LogP contribution in [0.4, 0.5) is 0 Å². The summed E-state index contributed by atoms with van der Waals surface area (Å²) < 4.78 is 11.2. The topological polar surface area (TPSA) is 34.1 Å². The van der Waals surface area contributed by atoms with Crippen LogP contribution in [0.15, 0.2) is 52.9 Å². The maximum atomic E-state index is 5.94. The van der Waals surface area contributed by atoms with Crippen molar-refractivity contribution in [2.24, 2.45) is 0 Å². The van der Waals surface area contributed by atoms with Gasteiger partial charge in [0, 0.05) is 17.6 Å². The van der Waals surface area contributed by atoms with Crippen LogP contribution < -0.4 is 9.46 Å². The van der Waals surface area contributed by atoms with E-state index in [4.69, 9.17) is 16.3 Å². The quantitative estimate of drug-likeness (QED) is 0.633. The summed E-state index contributed by atoms with van der Waals surface area (Å²) in [4.78, 5) is 4.34. The number of benzene rings is 1. The van der Waals surface area contributed by atoms with Crippen molar-refractivity contribution in [2.75, 3.05) is 6.61 Å². The van der Waals surface area contributed by atoms with Crippen LogP contribution in [0.1, 0.15) is 6.92 Å². The first-order valence-electron chi connectivity index (χ1n) is 6.86. The minimum Gasteiger partial charge on any atom is -0.491 e. The van der Waals surface area contributed by atoms with Crippen LogP contribution in [0, 0.1) is 0 Å². The van der Waals surface area contributed by atoms with E-state index in [0.717, 1.165) is 25.2 Å². The molecular formula is C16H15ClN2OS2. The average molecular weight is 351 g/mol.